The molecule has 0 spiro atoms. The lowest BCUT2D eigenvalue weighted by Gasteiger charge is -2.11. The lowest BCUT2D eigenvalue weighted by atomic mass is 10.1. The molecule has 33 heavy (non-hydrogen) atoms. The second-order valence-corrected chi connectivity index (χ2v) is 7.33. The van der Waals surface area contributed by atoms with Crippen molar-refractivity contribution in [1.29, 1.82) is 0 Å². The number of hydrogen-bond acceptors (Lipinski definition) is 6. The van der Waals surface area contributed by atoms with E-state index in [1.165, 1.54) is 11.0 Å². The van der Waals surface area contributed by atoms with E-state index in [1.54, 1.807) is 55.5 Å². The monoisotopic (exact) mass is 459 g/mol. The van der Waals surface area contributed by atoms with Gasteiger partial charge < -0.3 is 5.32 Å². The molecule has 4 aromatic rings. The van der Waals surface area contributed by atoms with Gasteiger partial charge in [-0.25, -0.2) is 10.1 Å². The van der Waals surface area contributed by atoms with Crippen LogP contribution in [0.25, 0.3) is 5.69 Å². The quantitative estimate of drug-likeness (QED) is 0.337. The van der Waals surface area contributed by atoms with Gasteiger partial charge in [0, 0.05) is 0 Å². The van der Waals surface area contributed by atoms with Gasteiger partial charge in [-0.3, -0.25) is 9.59 Å². The Bertz CT molecular complexity index is 1340. The summed E-state index contributed by atoms with van der Waals surface area (Å²) in [7, 11) is 0. The maximum Gasteiger partial charge on any atom is 0.273 e. The van der Waals surface area contributed by atoms with Gasteiger partial charge in [0.25, 0.3) is 11.8 Å². The normalized spacial score (nSPS) is 11.2. The van der Waals surface area contributed by atoms with Crippen LogP contribution < -0.4 is 10.7 Å². The summed E-state index contributed by atoms with van der Waals surface area (Å²) in [6.07, 6.45) is 1.49. The first-order valence-electron chi connectivity index (χ1n) is 9.86. The second kappa shape index (κ2) is 9.84. The van der Waals surface area contributed by atoms with E-state index in [0.717, 1.165) is 11.3 Å². The number of aromatic nitrogens is 4. The summed E-state index contributed by atoms with van der Waals surface area (Å²) in [5.74, 6) is -0.888. The standard InChI is InChI=1S/C23H18ClN7O2/c1-15(16-7-6-8-17(13-16)31-14-25-29-30-31)27-28-23(33)19-10-3-5-12-21(19)26-22(32)18-9-2-4-11-20(18)24/h2-14H,1H3,(H,26,32)(H,28,33). The summed E-state index contributed by atoms with van der Waals surface area (Å²) in [4.78, 5) is 25.4. The fourth-order valence-electron chi connectivity index (χ4n) is 3.04. The van der Waals surface area contributed by atoms with Crippen LogP contribution in [0.2, 0.25) is 5.02 Å². The maximum absolute atomic E-state index is 12.8. The number of benzene rings is 3. The molecule has 0 aliphatic heterocycles. The molecule has 0 bridgehead atoms. The van der Waals surface area contributed by atoms with Crippen LogP contribution in [0.1, 0.15) is 33.2 Å². The van der Waals surface area contributed by atoms with Crippen molar-refractivity contribution in [2.75, 3.05) is 5.32 Å². The highest BCUT2D eigenvalue weighted by Crippen LogP contribution is 2.20. The number of anilines is 1. The summed E-state index contributed by atoms with van der Waals surface area (Å²) < 4.78 is 1.52. The molecule has 0 aliphatic carbocycles. The van der Waals surface area contributed by atoms with E-state index in [1.807, 2.05) is 24.3 Å². The van der Waals surface area contributed by atoms with Crippen LogP contribution in [0.15, 0.2) is 84.2 Å². The Morgan fingerprint density at radius 1 is 0.939 bits per heavy atom. The third-order valence-electron chi connectivity index (χ3n) is 4.74. The third kappa shape index (κ3) is 5.10. The highest BCUT2D eigenvalue weighted by atomic mass is 35.5. The van der Waals surface area contributed by atoms with Gasteiger partial charge in [0.2, 0.25) is 0 Å². The Balaban J connectivity index is 1.50. The minimum Gasteiger partial charge on any atom is -0.321 e. The topological polar surface area (TPSA) is 114 Å². The molecular formula is C23H18ClN7O2. The first kappa shape index (κ1) is 21.8. The zero-order chi connectivity index (χ0) is 23.2. The summed E-state index contributed by atoms with van der Waals surface area (Å²) in [6, 6.07) is 20.7. The Morgan fingerprint density at radius 2 is 1.70 bits per heavy atom. The van der Waals surface area contributed by atoms with Gasteiger partial charge in [-0.15, -0.1) is 5.10 Å². The van der Waals surface area contributed by atoms with Gasteiger partial charge in [-0.2, -0.15) is 5.10 Å². The van der Waals surface area contributed by atoms with Crippen LogP contribution in [-0.2, 0) is 0 Å². The fourth-order valence-corrected chi connectivity index (χ4v) is 3.26. The first-order chi connectivity index (χ1) is 16.0. The number of halogens is 1. The molecule has 0 aliphatic rings. The van der Waals surface area contributed by atoms with Crippen molar-refractivity contribution < 1.29 is 9.59 Å². The number of rotatable bonds is 6. The van der Waals surface area contributed by atoms with Crippen molar-refractivity contribution in [2.45, 2.75) is 6.92 Å². The molecule has 2 N–H and O–H groups in total. The smallest absolute Gasteiger partial charge is 0.273 e. The molecule has 4 rings (SSSR count). The van der Waals surface area contributed by atoms with Gasteiger partial charge in [0.15, 0.2) is 0 Å². The molecule has 2 amide bonds. The van der Waals surface area contributed by atoms with Crippen LogP contribution in [0, 0.1) is 0 Å². The molecule has 9 nitrogen and oxygen atoms in total. The number of carbonyl (C=O) groups excluding carboxylic acids is 2. The Hall–Kier alpha value is -4.37. The summed E-state index contributed by atoms with van der Waals surface area (Å²) >= 11 is 6.10. The third-order valence-corrected chi connectivity index (χ3v) is 5.07. The van der Waals surface area contributed by atoms with E-state index in [2.05, 4.69) is 31.4 Å². The maximum atomic E-state index is 12.8. The van der Waals surface area contributed by atoms with Gasteiger partial charge in [-0.05, 0) is 59.3 Å². The minimum absolute atomic E-state index is 0.261. The molecule has 1 aromatic heterocycles. The zero-order valence-electron chi connectivity index (χ0n) is 17.4. The van der Waals surface area contributed by atoms with Crippen LogP contribution in [0.3, 0.4) is 0 Å². The second-order valence-electron chi connectivity index (χ2n) is 6.92. The average molecular weight is 460 g/mol. The first-order valence-corrected chi connectivity index (χ1v) is 10.2. The fraction of sp³-hybridized carbons (Fsp3) is 0.0435. The number of nitrogens with one attached hydrogen (secondary N) is 2. The van der Waals surface area contributed by atoms with Crippen LogP contribution in [0.5, 0.6) is 0 Å². The highest BCUT2D eigenvalue weighted by Gasteiger charge is 2.15. The largest absolute Gasteiger partial charge is 0.321 e. The summed E-state index contributed by atoms with van der Waals surface area (Å²) in [6.45, 7) is 1.77. The van der Waals surface area contributed by atoms with Crippen molar-refractivity contribution in [3.8, 4) is 5.69 Å². The Morgan fingerprint density at radius 3 is 2.45 bits per heavy atom. The molecule has 0 saturated heterocycles. The summed E-state index contributed by atoms with van der Waals surface area (Å²) in [5.41, 5.74) is 5.57. The van der Waals surface area contributed by atoms with E-state index >= 15 is 0 Å². The number of carbonyl (C=O) groups is 2. The van der Waals surface area contributed by atoms with E-state index in [4.69, 9.17) is 11.6 Å². The van der Waals surface area contributed by atoms with Crippen LogP contribution in [0.4, 0.5) is 5.69 Å². The number of hydrogen-bond donors (Lipinski definition) is 2. The van der Waals surface area contributed by atoms with Crippen molar-refractivity contribution >= 4 is 34.8 Å². The molecule has 0 fully saturated rings. The Labute approximate surface area is 194 Å². The molecule has 0 saturated carbocycles. The predicted octanol–water partition coefficient (Wildman–Crippen LogP) is 3.72. The number of para-hydroxylation sites is 1. The molecule has 3 aromatic carbocycles. The number of hydrazone groups is 1. The molecule has 0 radical (unpaired) electrons. The van der Waals surface area contributed by atoms with Crippen molar-refractivity contribution in [1.82, 2.24) is 25.6 Å². The number of tetrazole rings is 1. The van der Waals surface area contributed by atoms with Crippen molar-refractivity contribution in [3.05, 3.63) is 101 Å². The van der Waals surface area contributed by atoms with E-state index in [-0.39, 0.29) is 5.56 Å². The van der Waals surface area contributed by atoms with E-state index in [0.29, 0.717) is 22.0 Å². The minimum atomic E-state index is -0.471. The van der Waals surface area contributed by atoms with E-state index in [9.17, 15) is 9.59 Å². The van der Waals surface area contributed by atoms with Crippen LogP contribution in [-0.4, -0.2) is 37.7 Å². The molecular weight excluding hydrogens is 442 g/mol. The number of nitrogens with zero attached hydrogens (tertiary/aromatic N) is 5. The molecule has 10 heteroatoms. The molecule has 1 heterocycles. The number of amides is 2. The van der Waals surface area contributed by atoms with Gasteiger partial charge in [0.05, 0.1) is 33.2 Å². The average Bonchev–Trinajstić information content (AvgIpc) is 3.38. The van der Waals surface area contributed by atoms with E-state index < -0.39 is 11.8 Å². The highest BCUT2D eigenvalue weighted by molar-refractivity contribution is 6.34. The summed E-state index contributed by atoms with van der Waals surface area (Å²) in [5, 5.41) is 18.4. The van der Waals surface area contributed by atoms with Gasteiger partial charge in [0.1, 0.15) is 6.33 Å². The van der Waals surface area contributed by atoms with Crippen molar-refractivity contribution in [2.24, 2.45) is 5.10 Å². The SMILES string of the molecule is CC(=NNC(=O)c1ccccc1NC(=O)c1ccccc1Cl)c1cccc(-n2cnnn2)c1. The molecule has 0 atom stereocenters. The van der Waals surface area contributed by atoms with Crippen molar-refractivity contribution in [3.63, 3.8) is 0 Å². The lowest BCUT2D eigenvalue weighted by Crippen LogP contribution is -2.22. The van der Waals surface area contributed by atoms with Gasteiger partial charge in [-0.1, -0.05) is 48.0 Å². The Kier molecular flexibility index (Phi) is 6.51. The predicted molar refractivity (Wildman–Crippen MR) is 125 cm³/mol. The van der Waals surface area contributed by atoms with Gasteiger partial charge >= 0.3 is 0 Å². The molecule has 164 valence electrons. The van der Waals surface area contributed by atoms with Crippen LogP contribution >= 0.6 is 11.6 Å². The lowest BCUT2D eigenvalue weighted by molar-refractivity contribution is 0.0955. The molecule has 0 unspecified atom stereocenters. The zero-order valence-corrected chi connectivity index (χ0v) is 18.2.